The maximum Gasteiger partial charge on any atom is 0.407 e. The van der Waals surface area contributed by atoms with E-state index in [1.807, 2.05) is 30.3 Å². The van der Waals surface area contributed by atoms with Gasteiger partial charge in [-0.05, 0) is 31.2 Å². The Bertz CT molecular complexity index is 669. The number of ether oxygens (including phenoxy) is 3. The van der Waals surface area contributed by atoms with Gasteiger partial charge < -0.3 is 24.6 Å². The van der Waals surface area contributed by atoms with Gasteiger partial charge in [-0.15, -0.1) is 0 Å². The number of nitrogens with one attached hydrogen (secondary N) is 2. The normalized spacial score (nSPS) is 28.2. The Hall–Kier alpha value is -1.71. The predicted octanol–water partition coefficient (Wildman–Crippen LogP) is 1.91. The van der Waals surface area contributed by atoms with Gasteiger partial charge in [0.2, 0.25) is 0 Å². The first-order valence-corrected chi connectivity index (χ1v) is 11.0. The molecule has 3 aliphatic rings. The van der Waals surface area contributed by atoms with Crippen molar-refractivity contribution in [3.05, 3.63) is 35.9 Å². The molecule has 1 saturated carbocycles. The van der Waals surface area contributed by atoms with E-state index in [-0.39, 0.29) is 31.0 Å². The minimum Gasteiger partial charge on any atom is -0.443 e. The van der Waals surface area contributed by atoms with E-state index in [1.54, 1.807) is 0 Å². The summed E-state index contributed by atoms with van der Waals surface area (Å²) in [5.41, 5.74) is 3.91. The van der Waals surface area contributed by atoms with Crippen molar-refractivity contribution in [1.82, 2.24) is 10.8 Å². The standard InChI is InChI=1S/C22H32N2O6/c25-19(13-23-30-16-8-4-5-9-16)18(12-15-6-2-1-3-7-15)24-22(26)29-20-14-28-21-17(20)10-11-27-21/h1-3,6-7,16-21,23,25H,4-5,8-14H2,(H,24,26)/t17?,18-,19+,20?,21+/m0/s1. The van der Waals surface area contributed by atoms with E-state index in [4.69, 9.17) is 19.0 Å². The van der Waals surface area contributed by atoms with Crippen molar-refractivity contribution in [2.75, 3.05) is 19.8 Å². The number of carbonyl (C=O) groups is 1. The Morgan fingerprint density at radius 1 is 1.17 bits per heavy atom. The molecule has 1 amide bonds. The van der Waals surface area contributed by atoms with Gasteiger partial charge in [-0.1, -0.05) is 43.2 Å². The maximum absolute atomic E-state index is 12.6. The number of fused-ring (bicyclic) bond motifs is 1. The number of hydrogen-bond acceptors (Lipinski definition) is 7. The predicted molar refractivity (Wildman–Crippen MR) is 108 cm³/mol. The van der Waals surface area contributed by atoms with Gasteiger partial charge in [0, 0.05) is 6.54 Å². The molecule has 8 nitrogen and oxygen atoms in total. The van der Waals surface area contributed by atoms with E-state index in [0.717, 1.165) is 24.8 Å². The lowest BCUT2D eigenvalue weighted by Crippen LogP contribution is -2.50. The molecule has 1 aromatic rings. The first-order chi connectivity index (χ1) is 14.7. The number of amides is 1. The van der Waals surface area contributed by atoms with Gasteiger partial charge in [0.05, 0.1) is 37.4 Å². The molecule has 2 unspecified atom stereocenters. The van der Waals surface area contributed by atoms with Crippen molar-refractivity contribution in [3.8, 4) is 0 Å². The molecule has 5 atom stereocenters. The monoisotopic (exact) mass is 420 g/mol. The van der Waals surface area contributed by atoms with Crippen LogP contribution in [0.2, 0.25) is 0 Å². The number of aliphatic hydroxyl groups is 1. The zero-order valence-corrected chi connectivity index (χ0v) is 17.2. The van der Waals surface area contributed by atoms with Crippen molar-refractivity contribution in [3.63, 3.8) is 0 Å². The summed E-state index contributed by atoms with van der Waals surface area (Å²) in [7, 11) is 0. The molecule has 2 aliphatic heterocycles. The number of alkyl carbamates (subject to hydrolysis) is 1. The van der Waals surface area contributed by atoms with Crippen molar-refractivity contribution >= 4 is 6.09 Å². The number of aliphatic hydroxyl groups excluding tert-OH is 1. The highest BCUT2D eigenvalue weighted by molar-refractivity contribution is 5.68. The number of benzene rings is 1. The summed E-state index contributed by atoms with van der Waals surface area (Å²) >= 11 is 0. The molecule has 30 heavy (non-hydrogen) atoms. The van der Waals surface area contributed by atoms with Crippen molar-refractivity contribution < 1.29 is 28.9 Å². The number of carbonyl (C=O) groups excluding carboxylic acids is 1. The average molecular weight is 421 g/mol. The maximum atomic E-state index is 12.6. The van der Waals surface area contributed by atoms with Crippen molar-refractivity contribution in [2.45, 2.75) is 69.2 Å². The summed E-state index contributed by atoms with van der Waals surface area (Å²) in [6.07, 6.45) is 3.96. The van der Waals surface area contributed by atoms with E-state index >= 15 is 0 Å². The van der Waals surface area contributed by atoms with Gasteiger partial charge in [0.1, 0.15) is 6.10 Å². The fourth-order valence-electron chi connectivity index (χ4n) is 4.42. The highest BCUT2D eigenvalue weighted by Gasteiger charge is 2.44. The van der Waals surface area contributed by atoms with Gasteiger partial charge in [-0.2, -0.15) is 5.48 Å². The van der Waals surface area contributed by atoms with Crippen LogP contribution < -0.4 is 10.8 Å². The molecular formula is C22H32N2O6. The molecule has 3 N–H and O–H groups in total. The molecule has 0 bridgehead atoms. The summed E-state index contributed by atoms with van der Waals surface area (Å²) in [4.78, 5) is 18.2. The first kappa shape index (κ1) is 21.5. The van der Waals surface area contributed by atoms with Crippen LogP contribution in [0, 0.1) is 5.92 Å². The summed E-state index contributed by atoms with van der Waals surface area (Å²) in [6, 6.07) is 9.25. The zero-order valence-electron chi connectivity index (χ0n) is 17.2. The summed E-state index contributed by atoms with van der Waals surface area (Å²) in [5.74, 6) is 0.0784. The fourth-order valence-corrected chi connectivity index (χ4v) is 4.42. The van der Waals surface area contributed by atoms with Crippen LogP contribution in [-0.2, 0) is 25.5 Å². The van der Waals surface area contributed by atoms with E-state index < -0.39 is 18.2 Å². The molecule has 4 rings (SSSR count). The van der Waals surface area contributed by atoms with E-state index in [2.05, 4.69) is 10.8 Å². The highest BCUT2D eigenvalue weighted by atomic mass is 16.7. The Morgan fingerprint density at radius 2 is 1.97 bits per heavy atom. The van der Waals surface area contributed by atoms with Gasteiger partial charge in [-0.25, -0.2) is 4.79 Å². The first-order valence-electron chi connectivity index (χ1n) is 11.0. The second kappa shape index (κ2) is 10.5. The molecule has 2 heterocycles. The fraction of sp³-hybridized carbons (Fsp3) is 0.682. The van der Waals surface area contributed by atoms with Crippen molar-refractivity contribution in [2.24, 2.45) is 5.92 Å². The van der Waals surface area contributed by atoms with Crippen molar-refractivity contribution in [1.29, 1.82) is 0 Å². The lowest BCUT2D eigenvalue weighted by atomic mass is 10.0. The molecule has 2 saturated heterocycles. The number of rotatable bonds is 9. The minimum atomic E-state index is -0.832. The van der Waals surface area contributed by atoms with Gasteiger partial charge in [-0.3, -0.25) is 4.84 Å². The van der Waals surface area contributed by atoms with Crippen LogP contribution in [0.15, 0.2) is 30.3 Å². The molecule has 8 heteroatoms. The van der Waals surface area contributed by atoms with Crippen LogP contribution in [0.3, 0.4) is 0 Å². The highest BCUT2D eigenvalue weighted by Crippen LogP contribution is 2.33. The van der Waals surface area contributed by atoms with Crippen LogP contribution in [0.25, 0.3) is 0 Å². The quantitative estimate of drug-likeness (QED) is 0.525. The Kier molecular flexibility index (Phi) is 7.57. The third kappa shape index (κ3) is 5.70. The topological polar surface area (TPSA) is 98.3 Å². The van der Waals surface area contributed by atoms with E-state index in [0.29, 0.717) is 19.6 Å². The number of hydroxylamine groups is 1. The van der Waals surface area contributed by atoms with Crippen LogP contribution in [0.5, 0.6) is 0 Å². The van der Waals surface area contributed by atoms with Gasteiger partial charge >= 0.3 is 6.09 Å². The summed E-state index contributed by atoms with van der Waals surface area (Å²) in [5, 5.41) is 13.6. The molecular weight excluding hydrogens is 388 g/mol. The summed E-state index contributed by atoms with van der Waals surface area (Å²) in [6.45, 7) is 1.18. The third-order valence-corrected chi connectivity index (χ3v) is 6.15. The lowest BCUT2D eigenvalue weighted by Gasteiger charge is -2.26. The van der Waals surface area contributed by atoms with Crippen LogP contribution in [0.1, 0.15) is 37.7 Å². The third-order valence-electron chi connectivity index (χ3n) is 6.15. The van der Waals surface area contributed by atoms with Crippen LogP contribution in [-0.4, -0.2) is 61.6 Å². The molecule has 0 spiro atoms. The molecule has 1 aliphatic carbocycles. The molecule has 0 aromatic heterocycles. The van der Waals surface area contributed by atoms with Crippen LogP contribution in [0.4, 0.5) is 4.79 Å². The van der Waals surface area contributed by atoms with Crippen LogP contribution >= 0.6 is 0 Å². The largest absolute Gasteiger partial charge is 0.443 e. The summed E-state index contributed by atoms with van der Waals surface area (Å²) < 4.78 is 16.6. The smallest absolute Gasteiger partial charge is 0.407 e. The molecule has 1 aromatic carbocycles. The zero-order chi connectivity index (χ0) is 20.8. The van der Waals surface area contributed by atoms with E-state index in [1.165, 1.54) is 12.8 Å². The molecule has 166 valence electrons. The second-order valence-corrected chi connectivity index (χ2v) is 8.35. The second-order valence-electron chi connectivity index (χ2n) is 8.35. The Balaban J connectivity index is 1.31. The van der Waals surface area contributed by atoms with Gasteiger partial charge in [0.25, 0.3) is 0 Å². The number of hydrogen-bond donors (Lipinski definition) is 3. The SMILES string of the molecule is O=C(N[C@@H](Cc1ccccc1)[C@H](O)CNOC1CCCC1)OC1CO[C@H]2OCCC12. The average Bonchev–Trinajstić information content (AvgIpc) is 3.48. The minimum absolute atomic E-state index is 0.0784. The Morgan fingerprint density at radius 3 is 2.77 bits per heavy atom. The van der Waals surface area contributed by atoms with Gasteiger partial charge in [0.15, 0.2) is 6.29 Å². The lowest BCUT2D eigenvalue weighted by molar-refractivity contribution is -0.0907. The molecule has 0 radical (unpaired) electrons. The Labute approximate surface area is 177 Å². The van der Waals surface area contributed by atoms with E-state index in [9.17, 15) is 9.90 Å². The molecule has 3 fully saturated rings.